The van der Waals surface area contributed by atoms with Crippen molar-refractivity contribution >= 4 is 79.7 Å². The van der Waals surface area contributed by atoms with E-state index in [9.17, 15) is 4.79 Å². The Bertz CT molecular complexity index is 732. The summed E-state index contributed by atoms with van der Waals surface area (Å²) in [6.45, 7) is 2.27. The topological polar surface area (TPSA) is 53.2 Å². The lowest BCUT2D eigenvalue weighted by Crippen LogP contribution is -2.56. The molecule has 36 heavy (non-hydrogen) atoms. The van der Waals surface area contributed by atoms with Gasteiger partial charge in [-0.1, -0.05) is 148 Å². The molecule has 0 aromatic heterocycles. The monoisotopic (exact) mass is 641 g/mol. The number of amides is 1. The van der Waals surface area contributed by atoms with E-state index in [1.165, 1.54) is 77.0 Å². The van der Waals surface area contributed by atoms with Gasteiger partial charge in [0.2, 0.25) is 9.70 Å². The van der Waals surface area contributed by atoms with Crippen LogP contribution in [0.25, 0.3) is 0 Å². The zero-order chi connectivity index (χ0) is 26.7. The number of benzene rings is 1. The summed E-state index contributed by atoms with van der Waals surface area (Å²) in [6, 6.07) is 7.49. The molecule has 1 aromatic rings. The van der Waals surface area contributed by atoms with Crippen LogP contribution in [0.1, 0.15) is 110 Å². The normalized spacial score (nSPS) is 12.2. The largest absolute Gasteiger partial charge is 0.339 e. The van der Waals surface area contributed by atoms with Crippen LogP contribution in [0, 0.1) is 0 Å². The van der Waals surface area contributed by atoms with Crippen LogP contribution in [0.4, 0.5) is 5.69 Å². The Kier molecular flexibility index (Phi) is 19.4. The maximum absolute atomic E-state index is 12.4. The van der Waals surface area contributed by atoms with E-state index in [0.717, 1.165) is 29.4 Å². The zero-order valence-corrected chi connectivity index (χ0v) is 26.2. The molecular weight excluding hydrogens is 601 g/mol. The van der Waals surface area contributed by atoms with Crippen LogP contribution in [0.3, 0.4) is 0 Å². The average molecular weight is 644 g/mol. The SMILES string of the molecule is CCCCCCCCCCCCCCCCCC(=O)N[C@H](NC(=S)Nc1ccc(Br)cc1)C(Cl)(Cl)Cl. The molecule has 0 bridgehead atoms. The quantitative estimate of drug-likeness (QED) is 0.0608. The summed E-state index contributed by atoms with van der Waals surface area (Å²) >= 11 is 26.9. The molecule has 1 amide bonds. The zero-order valence-electron chi connectivity index (χ0n) is 21.5. The van der Waals surface area contributed by atoms with Crippen LogP contribution in [0.15, 0.2) is 28.7 Å². The summed E-state index contributed by atoms with van der Waals surface area (Å²) in [5.74, 6) is -0.167. The van der Waals surface area contributed by atoms with Crippen molar-refractivity contribution in [2.75, 3.05) is 5.32 Å². The number of carbonyl (C=O) groups excluding carboxylic acids is 1. The van der Waals surface area contributed by atoms with Gasteiger partial charge >= 0.3 is 0 Å². The van der Waals surface area contributed by atoms with Crippen LogP contribution < -0.4 is 16.0 Å². The van der Waals surface area contributed by atoms with Crippen LogP contribution in [0.5, 0.6) is 0 Å². The fourth-order valence-electron chi connectivity index (χ4n) is 3.92. The molecule has 1 atom stereocenters. The van der Waals surface area contributed by atoms with Gasteiger partial charge in [-0.2, -0.15) is 0 Å². The first-order valence-corrected chi connectivity index (χ1v) is 15.7. The lowest BCUT2D eigenvalue weighted by molar-refractivity contribution is -0.122. The molecule has 0 aliphatic rings. The lowest BCUT2D eigenvalue weighted by Gasteiger charge is -2.27. The third-order valence-electron chi connectivity index (χ3n) is 6.02. The van der Waals surface area contributed by atoms with Crippen molar-refractivity contribution in [3.05, 3.63) is 28.7 Å². The molecule has 0 spiro atoms. The number of nitrogens with one attached hydrogen (secondary N) is 3. The Morgan fingerprint density at radius 3 is 1.69 bits per heavy atom. The molecule has 0 aliphatic carbocycles. The molecule has 1 rings (SSSR count). The Morgan fingerprint density at radius 2 is 1.25 bits per heavy atom. The number of hydrogen-bond acceptors (Lipinski definition) is 2. The van der Waals surface area contributed by atoms with E-state index in [0.29, 0.717) is 6.42 Å². The lowest BCUT2D eigenvalue weighted by atomic mass is 10.0. The second-order valence-electron chi connectivity index (χ2n) is 9.35. The highest BCUT2D eigenvalue weighted by atomic mass is 79.9. The van der Waals surface area contributed by atoms with Gasteiger partial charge in [0.1, 0.15) is 6.17 Å². The number of alkyl halides is 3. The van der Waals surface area contributed by atoms with E-state index in [-0.39, 0.29) is 11.0 Å². The van der Waals surface area contributed by atoms with Crippen LogP contribution in [-0.2, 0) is 4.79 Å². The molecule has 0 radical (unpaired) electrons. The van der Waals surface area contributed by atoms with Crippen molar-refractivity contribution in [2.24, 2.45) is 0 Å². The molecule has 9 heteroatoms. The van der Waals surface area contributed by atoms with Crippen LogP contribution in [-0.4, -0.2) is 21.0 Å². The maximum atomic E-state index is 12.4. The Labute approximate surface area is 247 Å². The summed E-state index contributed by atoms with van der Waals surface area (Å²) in [5.41, 5.74) is 0.780. The molecule has 0 unspecified atom stereocenters. The summed E-state index contributed by atoms with van der Waals surface area (Å²) in [5, 5.41) is 8.91. The average Bonchev–Trinajstić information content (AvgIpc) is 2.82. The van der Waals surface area contributed by atoms with Crippen molar-refractivity contribution in [2.45, 2.75) is 120 Å². The first kappa shape index (κ1) is 33.8. The van der Waals surface area contributed by atoms with E-state index in [1.807, 2.05) is 24.3 Å². The van der Waals surface area contributed by atoms with Crippen molar-refractivity contribution in [3.8, 4) is 0 Å². The predicted molar refractivity (Wildman–Crippen MR) is 165 cm³/mol. The smallest absolute Gasteiger partial charge is 0.228 e. The number of halogens is 4. The number of anilines is 1. The third kappa shape index (κ3) is 18.1. The minimum atomic E-state index is -1.75. The van der Waals surface area contributed by atoms with Gasteiger partial charge in [0.05, 0.1) is 0 Å². The second kappa shape index (κ2) is 20.7. The van der Waals surface area contributed by atoms with E-state index in [4.69, 9.17) is 47.0 Å². The molecule has 206 valence electrons. The highest BCUT2D eigenvalue weighted by Gasteiger charge is 2.34. The Balaban J connectivity index is 2.11. The Morgan fingerprint density at radius 1 is 0.806 bits per heavy atom. The molecule has 0 heterocycles. The number of unbranched alkanes of at least 4 members (excludes halogenated alkanes) is 14. The van der Waals surface area contributed by atoms with E-state index in [1.54, 1.807) is 0 Å². The minimum Gasteiger partial charge on any atom is -0.339 e. The molecule has 0 fully saturated rings. The van der Waals surface area contributed by atoms with Gasteiger partial charge in [0.15, 0.2) is 5.11 Å². The molecular formula is C27H43BrCl3N3OS. The standard InChI is InChI=1S/C27H43BrCl3N3OS/c1-2-3-4-5-6-7-8-9-10-11-12-13-14-15-16-17-24(35)33-25(27(29,30)31)34-26(36)32-23-20-18-22(28)19-21-23/h18-21,25H,2-17H2,1H3,(H,33,35)(H2,32,34,36)/t25-/m1/s1. The summed E-state index contributed by atoms with van der Waals surface area (Å²) < 4.78 is -0.798. The molecule has 0 saturated carbocycles. The predicted octanol–water partition coefficient (Wildman–Crippen LogP) is 9.81. The van der Waals surface area contributed by atoms with E-state index >= 15 is 0 Å². The molecule has 1 aromatic carbocycles. The fourth-order valence-corrected chi connectivity index (χ4v) is 4.75. The number of thiocarbonyl (C=S) groups is 1. The van der Waals surface area contributed by atoms with Gasteiger partial charge in [0.25, 0.3) is 0 Å². The van der Waals surface area contributed by atoms with Gasteiger partial charge in [0, 0.05) is 16.6 Å². The highest BCUT2D eigenvalue weighted by molar-refractivity contribution is 9.10. The first-order chi connectivity index (χ1) is 17.2. The van der Waals surface area contributed by atoms with Gasteiger partial charge < -0.3 is 16.0 Å². The van der Waals surface area contributed by atoms with E-state index in [2.05, 4.69) is 38.8 Å². The Hall–Kier alpha value is -0.270. The van der Waals surface area contributed by atoms with Crippen molar-refractivity contribution in [1.29, 1.82) is 0 Å². The second-order valence-corrected chi connectivity index (χ2v) is 13.0. The van der Waals surface area contributed by atoms with Gasteiger partial charge in [-0.05, 0) is 42.9 Å². The van der Waals surface area contributed by atoms with Crippen molar-refractivity contribution in [3.63, 3.8) is 0 Å². The van der Waals surface area contributed by atoms with E-state index < -0.39 is 9.96 Å². The van der Waals surface area contributed by atoms with Crippen molar-refractivity contribution < 1.29 is 4.79 Å². The molecule has 4 nitrogen and oxygen atoms in total. The van der Waals surface area contributed by atoms with Crippen LogP contribution >= 0.6 is 63.0 Å². The molecule has 0 saturated heterocycles. The minimum absolute atomic E-state index is 0.167. The molecule has 3 N–H and O–H groups in total. The maximum Gasteiger partial charge on any atom is 0.228 e. The van der Waals surface area contributed by atoms with Gasteiger partial charge in [-0.25, -0.2) is 0 Å². The summed E-state index contributed by atoms with van der Waals surface area (Å²) in [7, 11) is 0. The molecule has 0 aliphatic heterocycles. The van der Waals surface area contributed by atoms with Crippen molar-refractivity contribution in [1.82, 2.24) is 10.6 Å². The number of rotatable bonds is 19. The highest BCUT2D eigenvalue weighted by Crippen LogP contribution is 2.29. The fraction of sp³-hybridized carbons (Fsp3) is 0.704. The van der Waals surface area contributed by atoms with Gasteiger partial charge in [-0.15, -0.1) is 0 Å². The summed E-state index contributed by atoms with van der Waals surface area (Å²) in [6.07, 6.45) is 18.7. The number of hydrogen-bond donors (Lipinski definition) is 3. The number of carbonyl (C=O) groups is 1. The van der Waals surface area contributed by atoms with Gasteiger partial charge in [-0.3, -0.25) is 4.79 Å². The third-order valence-corrected chi connectivity index (χ3v) is 7.42. The van der Waals surface area contributed by atoms with Crippen LogP contribution in [0.2, 0.25) is 0 Å². The summed E-state index contributed by atoms with van der Waals surface area (Å²) in [4.78, 5) is 12.4. The first-order valence-electron chi connectivity index (χ1n) is 13.4.